The molecule has 0 bridgehead atoms. The van der Waals surface area contributed by atoms with Gasteiger partial charge in [0.15, 0.2) is 0 Å². The Morgan fingerprint density at radius 2 is 1.83 bits per heavy atom. The van der Waals surface area contributed by atoms with Crippen LogP contribution in [0.4, 0.5) is 17.2 Å². The Kier molecular flexibility index (Phi) is 4.42. The zero-order valence-corrected chi connectivity index (χ0v) is 14.7. The highest BCUT2D eigenvalue weighted by atomic mass is 16.2. The molecule has 0 fully saturated rings. The minimum absolute atomic E-state index is 0.00223. The summed E-state index contributed by atoms with van der Waals surface area (Å²) in [5.41, 5.74) is 2.67. The smallest absolute Gasteiger partial charge is 0.259 e. The third-order valence-electron chi connectivity index (χ3n) is 4.36. The normalized spacial score (nSPS) is 17.2. The molecular weight excluding hydrogens is 300 g/mol. The monoisotopic (exact) mass is 324 g/mol. The number of anilines is 3. The number of carbonyl (C=O) groups is 1. The van der Waals surface area contributed by atoms with Crippen LogP contribution in [0.5, 0.6) is 0 Å². The molecule has 1 aliphatic rings. The number of para-hydroxylation sites is 2. The van der Waals surface area contributed by atoms with Gasteiger partial charge in [-0.2, -0.15) is 0 Å². The molecule has 0 saturated heterocycles. The van der Waals surface area contributed by atoms with Crippen molar-refractivity contribution in [2.24, 2.45) is 5.92 Å². The van der Waals surface area contributed by atoms with E-state index in [0.717, 1.165) is 23.7 Å². The summed E-state index contributed by atoms with van der Waals surface area (Å²) in [6.07, 6.45) is 1.67. The minimum atomic E-state index is 0.00223. The number of carbonyl (C=O) groups excluding carboxylic acids is 1. The maximum absolute atomic E-state index is 13.1. The lowest BCUT2D eigenvalue weighted by Gasteiger charge is -2.24. The Hall–Kier alpha value is -2.56. The van der Waals surface area contributed by atoms with Gasteiger partial charge in [-0.05, 0) is 30.2 Å². The van der Waals surface area contributed by atoms with E-state index in [-0.39, 0.29) is 5.91 Å². The third kappa shape index (κ3) is 3.07. The Morgan fingerprint density at radius 3 is 2.46 bits per heavy atom. The van der Waals surface area contributed by atoms with E-state index in [1.807, 2.05) is 54.2 Å². The molecule has 0 saturated carbocycles. The highest BCUT2D eigenvalue weighted by Gasteiger charge is 2.27. The molecule has 0 radical (unpaired) electrons. The molecule has 1 atom stereocenters. The van der Waals surface area contributed by atoms with Crippen LogP contribution < -0.4 is 14.7 Å². The fraction of sp³-hybridized carbons (Fsp3) is 0.368. The van der Waals surface area contributed by atoms with Crippen LogP contribution in [0.3, 0.4) is 0 Å². The lowest BCUT2D eigenvalue weighted by molar-refractivity contribution is 0.0984. The van der Waals surface area contributed by atoms with Crippen LogP contribution in [-0.2, 0) is 0 Å². The van der Waals surface area contributed by atoms with Crippen LogP contribution in [0, 0.1) is 5.92 Å². The molecule has 1 aromatic heterocycles. The molecule has 0 N–H and O–H groups in total. The van der Waals surface area contributed by atoms with Gasteiger partial charge >= 0.3 is 0 Å². The molecule has 5 heteroatoms. The number of nitrogens with zero attached hydrogens (tertiary/aromatic N) is 4. The maximum Gasteiger partial charge on any atom is 0.259 e. The van der Waals surface area contributed by atoms with Gasteiger partial charge in [0.1, 0.15) is 5.82 Å². The van der Waals surface area contributed by atoms with Crippen molar-refractivity contribution < 1.29 is 4.79 Å². The molecule has 1 amide bonds. The van der Waals surface area contributed by atoms with E-state index in [2.05, 4.69) is 29.9 Å². The number of hydrogen-bond acceptors (Lipinski definition) is 4. The van der Waals surface area contributed by atoms with Crippen molar-refractivity contribution >= 4 is 23.1 Å². The van der Waals surface area contributed by atoms with Crippen molar-refractivity contribution in [1.29, 1.82) is 0 Å². The number of aromatic nitrogens is 1. The van der Waals surface area contributed by atoms with Gasteiger partial charge in [0, 0.05) is 40.4 Å². The van der Waals surface area contributed by atoms with Crippen molar-refractivity contribution in [3.63, 3.8) is 0 Å². The van der Waals surface area contributed by atoms with Gasteiger partial charge < -0.3 is 14.7 Å². The van der Waals surface area contributed by atoms with Crippen LogP contribution in [0.1, 0.15) is 17.3 Å². The number of benzene rings is 1. The van der Waals surface area contributed by atoms with Crippen molar-refractivity contribution in [3.05, 3.63) is 48.2 Å². The van der Waals surface area contributed by atoms with Gasteiger partial charge in [0.2, 0.25) is 0 Å². The summed E-state index contributed by atoms with van der Waals surface area (Å²) in [6.45, 7) is 3.81. The lowest BCUT2D eigenvalue weighted by Crippen LogP contribution is -2.35. The van der Waals surface area contributed by atoms with Crippen LogP contribution in [0.15, 0.2) is 42.6 Å². The van der Waals surface area contributed by atoms with Crippen LogP contribution in [0.25, 0.3) is 0 Å². The standard InChI is InChI=1S/C19H24N4O/c1-14-12-22(4)16-7-5-6-8-17(16)23(13-14)19(24)15-9-10-18(20-11-15)21(2)3/h5-11,14H,12-13H2,1-4H3. The summed E-state index contributed by atoms with van der Waals surface area (Å²) in [5, 5.41) is 0. The molecule has 1 aromatic carbocycles. The molecule has 1 unspecified atom stereocenters. The molecular formula is C19H24N4O. The first kappa shape index (κ1) is 16.3. The Bertz CT molecular complexity index is 726. The molecule has 24 heavy (non-hydrogen) atoms. The lowest BCUT2D eigenvalue weighted by atomic mass is 10.1. The number of rotatable bonds is 2. The number of pyridine rings is 1. The summed E-state index contributed by atoms with van der Waals surface area (Å²) >= 11 is 0. The van der Waals surface area contributed by atoms with Crippen LogP contribution in [0.2, 0.25) is 0 Å². The van der Waals surface area contributed by atoms with E-state index in [1.165, 1.54) is 0 Å². The topological polar surface area (TPSA) is 39.7 Å². The van der Waals surface area contributed by atoms with E-state index >= 15 is 0 Å². The van der Waals surface area contributed by atoms with E-state index in [4.69, 9.17) is 0 Å². The van der Waals surface area contributed by atoms with Crippen LogP contribution in [-0.4, -0.2) is 45.1 Å². The molecule has 5 nitrogen and oxygen atoms in total. The average Bonchev–Trinajstić information content (AvgIpc) is 2.71. The molecule has 1 aliphatic heterocycles. The zero-order valence-electron chi connectivity index (χ0n) is 14.7. The first-order valence-corrected chi connectivity index (χ1v) is 8.23. The van der Waals surface area contributed by atoms with Gasteiger partial charge in [-0.15, -0.1) is 0 Å². The summed E-state index contributed by atoms with van der Waals surface area (Å²) in [5.74, 6) is 1.23. The molecule has 2 heterocycles. The predicted octanol–water partition coefficient (Wildman–Crippen LogP) is 2.88. The predicted molar refractivity (Wildman–Crippen MR) is 99.1 cm³/mol. The third-order valence-corrected chi connectivity index (χ3v) is 4.36. The summed E-state index contributed by atoms with van der Waals surface area (Å²) in [4.78, 5) is 23.5. The van der Waals surface area contributed by atoms with Gasteiger partial charge in [0.25, 0.3) is 5.91 Å². The van der Waals surface area contributed by atoms with Crippen molar-refractivity contribution in [3.8, 4) is 0 Å². The zero-order chi connectivity index (χ0) is 17.3. The summed E-state index contributed by atoms with van der Waals surface area (Å²) in [7, 11) is 5.95. The highest BCUT2D eigenvalue weighted by Crippen LogP contribution is 2.33. The second-order valence-corrected chi connectivity index (χ2v) is 6.69. The molecule has 0 aliphatic carbocycles. The first-order valence-electron chi connectivity index (χ1n) is 8.23. The van der Waals surface area contributed by atoms with Crippen molar-refractivity contribution in [2.45, 2.75) is 6.92 Å². The maximum atomic E-state index is 13.1. The second-order valence-electron chi connectivity index (χ2n) is 6.69. The van der Waals surface area contributed by atoms with E-state index in [9.17, 15) is 4.79 Å². The Balaban J connectivity index is 1.97. The van der Waals surface area contributed by atoms with Crippen LogP contribution >= 0.6 is 0 Å². The fourth-order valence-corrected chi connectivity index (χ4v) is 3.17. The molecule has 3 rings (SSSR count). The minimum Gasteiger partial charge on any atom is -0.373 e. The largest absolute Gasteiger partial charge is 0.373 e. The van der Waals surface area contributed by atoms with Gasteiger partial charge in [-0.25, -0.2) is 4.98 Å². The average molecular weight is 324 g/mol. The summed E-state index contributed by atoms with van der Waals surface area (Å²) < 4.78 is 0. The molecule has 0 spiro atoms. The van der Waals surface area contributed by atoms with E-state index in [0.29, 0.717) is 18.0 Å². The van der Waals surface area contributed by atoms with Gasteiger partial charge in [0.05, 0.1) is 16.9 Å². The second kappa shape index (κ2) is 6.51. The fourth-order valence-electron chi connectivity index (χ4n) is 3.17. The number of hydrogen-bond donors (Lipinski definition) is 0. The first-order chi connectivity index (χ1) is 11.5. The van der Waals surface area contributed by atoms with Gasteiger partial charge in [-0.1, -0.05) is 19.1 Å². The van der Waals surface area contributed by atoms with Gasteiger partial charge in [-0.3, -0.25) is 4.79 Å². The number of fused-ring (bicyclic) bond motifs is 1. The quantitative estimate of drug-likeness (QED) is 0.851. The SMILES string of the molecule is CC1CN(C)c2ccccc2N(C(=O)c2ccc(N(C)C)nc2)C1. The van der Waals surface area contributed by atoms with E-state index in [1.54, 1.807) is 6.20 Å². The Labute approximate surface area is 143 Å². The number of amides is 1. The van der Waals surface area contributed by atoms with Crippen molar-refractivity contribution in [1.82, 2.24) is 4.98 Å². The molecule has 126 valence electrons. The molecule has 2 aromatic rings. The van der Waals surface area contributed by atoms with Crippen molar-refractivity contribution in [2.75, 3.05) is 48.9 Å². The summed E-state index contributed by atoms with van der Waals surface area (Å²) in [6, 6.07) is 11.8. The van der Waals surface area contributed by atoms with E-state index < -0.39 is 0 Å². The highest BCUT2D eigenvalue weighted by molar-refractivity contribution is 6.07. The Morgan fingerprint density at radius 1 is 1.12 bits per heavy atom.